The SMILES string of the molecule is Fc1ccc(SOONCCCOc2c3[nH]c4ccc(Cl)cc4c3cc3c2[nH]c2ccc(Cl)cc23)cc1. The molecule has 0 unspecified atom stereocenters. The quantitative estimate of drug-likeness (QED) is 0.0723. The summed E-state index contributed by atoms with van der Waals surface area (Å²) in [6.45, 7) is 0.926. The molecule has 2 heterocycles. The van der Waals surface area contributed by atoms with Crippen molar-refractivity contribution in [1.82, 2.24) is 15.4 Å². The van der Waals surface area contributed by atoms with Crippen LogP contribution < -0.4 is 10.2 Å². The van der Waals surface area contributed by atoms with E-state index < -0.39 is 0 Å². The molecule has 37 heavy (non-hydrogen) atoms. The van der Waals surface area contributed by atoms with Crippen LogP contribution in [0.15, 0.2) is 71.6 Å². The van der Waals surface area contributed by atoms with Crippen LogP contribution in [0.3, 0.4) is 0 Å². The number of halogens is 3. The topological polar surface area (TPSA) is 71.3 Å². The van der Waals surface area contributed by atoms with Crippen LogP contribution >= 0.6 is 35.2 Å². The number of benzene rings is 4. The Morgan fingerprint density at radius 3 is 2.03 bits per heavy atom. The lowest BCUT2D eigenvalue weighted by atomic mass is 10.1. The molecule has 6 nitrogen and oxygen atoms in total. The van der Waals surface area contributed by atoms with Crippen molar-refractivity contribution in [2.45, 2.75) is 11.3 Å². The molecular weight excluding hydrogens is 536 g/mol. The van der Waals surface area contributed by atoms with Gasteiger partial charge in [0.1, 0.15) is 5.82 Å². The van der Waals surface area contributed by atoms with E-state index in [1.807, 2.05) is 36.4 Å². The second-order valence-electron chi connectivity index (χ2n) is 8.47. The van der Waals surface area contributed by atoms with Crippen LogP contribution in [-0.2, 0) is 9.32 Å². The first-order valence-electron chi connectivity index (χ1n) is 11.5. The van der Waals surface area contributed by atoms with E-state index in [0.717, 1.165) is 66.3 Å². The highest BCUT2D eigenvalue weighted by Gasteiger charge is 2.18. The van der Waals surface area contributed by atoms with Gasteiger partial charge in [-0.15, -0.1) is 9.32 Å². The maximum Gasteiger partial charge on any atom is 0.167 e. The summed E-state index contributed by atoms with van der Waals surface area (Å²) in [5, 5.41) is 5.43. The molecule has 0 saturated carbocycles. The molecule has 3 N–H and O–H groups in total. The average Bonchev–Trinajstić information content (AvgIpc) is 3.44. The zero-order chi connectivity index (χ0) is 25.4. The van der Waals surface area contributed by atoms with Crippen molar-refractivity contribution in [2.24, 2.45) is 0 Å². The first-order chi connectivity index (χ1) is 18.1. The van der Waals surface area contributed by atoms with E-state index in [4.69, 9.17) is 37.3 Å². The third kappa shape index (κ3) is 4.96. The molecule has 0 radical (unpaired) electrons. The zero-order valence-electron chi connectivity index (χ0n) is 19.2. The lowest BCUT2D eigenvalue weighted by Gasteiger charge is -2.10. The zero-order valence-corrected chi connectivity index (χ0v) is 21.6. The fourth-order valence-corrected chi connectivity index (χ4v) is 5.12. The largest absolute Gasteiger partial charge is 0.489 e. The summed E-state index contributed by atoms with van der Waals surface area (Å²) in [5.41, 5.74) is 6.48. The summed E-state index contributed by atoms with van der Waals surface area (Å²) in [4.78, 5) is 12.7. The van der Waals surface area contributed by atoms with E-state index in [1.54, 1.807) is 12.1 Å². The number of nitrogens with one attached hydrogen (secondary N) is 3. The average molecular weight is 556 g/mol. The molecule has 0 bridgehead atoms. The minimum atomic E-state index is -0.302. The number of H-pyrrole nitrogens is 2. The van der Waals surface area contributed by atoms with Gasteiger partial charge in [-0.2, -0.15) is 5.48 Å². The third-order valence-electron chi connectivity index (χ3n) is 6.05. The molecule has 0 aliphatic heterocycles. The van der Waals surface area contributed by atoms with Crippen molar-refractivity contribution in [1.29, 1.82) is 0 Å². The van der Waals surface area contributed by atoms with Crippen LogP contribution in [0.25, 0.3) is 43.6 Å². The summed E-state index contributed by atoms with van der Waals surface area (Å²) in [5.74, 6) is 0.431. The second-order valence-corrected chi connectivity index (χ2v) is 10.1. The summed E-state index contributed by atoms with van der Waals surface area (Å²) in [6.07, 6.45) is 0.653. The minimum Gasteiger partial charge on any atom is -0.489 e. The predicted molar refractivity (Wildman–Crippen MR) is 148 cm³/mol. The summed E-state index contributed by atoms with van der Waals surface area (Å²) < 4.78 is 24.3. The standard InChI is InChI=1S/C27H20Cl2FN3O3S/c28-15-2-8-23-19(12-15)21-14-22-20-13-16(29)3-9-24(20)33-26(22)27(25(21)32-23)34-11-1-10-31-35-36-37-18-6-4-17(30)5-7-18/h2-9,12-14,31-33H,1,10-11H2. The molecule has 0 aliphatic rings. The lowest BCUT2D eigenvalue weighted by molar-refractivity contribution is -0.244. The van der Waals surface area contributed by atoms with Gasteiger partial charge in [0.15, 0.2) is 5.75 Å². The van der Waals surface area contributed by atoms with Crippen molar-refractivity contribution < 1.29 is 18.4 Å². The number of aromatic nitrogens is 2. The maximum absolute atomic E-state index is 13.0. The van der Waals surface area contributed by atoms with Crippen LogP contribution in [0.4, 0.5) is 4.39 Å². The molecule has 0 aliphatic carbocycles. The number of ether oxygens (including phenoxy) is 1. The number of rotatable bonds is 9. The Balaban J connectivity index is 1.20. The van der Waals surface area contributed by atoms with E-state index in [0.29, 0.717) is 29.6 Å². The van der Waals surface area contributed by atoms with Crippen LogP contribution in [0, 0.1) is 5.82 Å². The van der Waals surface area contributed by atoms with Crippen molar-refractivity contribution in [3.05, 3.63) is 82.6 Å². The highest BCUT2D eigenvalue weighted by molar-refractivity contribution is 7.94. The Labute approximate surface area is 225 Å². The van der Waals surface area contributed by atoms with Gasteiger partial charge in [-0.3, -0.25) is 0 Å². The van der Waals surface area contributed by atoms with Gasteiger partial charge in [0.2, 0.25) is 0 Å². The minimum absolute atomic E-state index is 0.302. The number of hydroxylamine groups is 1. The van der Waals surface area contributed by atoms with Crippen molar-refractivity contribution in [3.63, 3.8) is 0 Å². The smallest absolute Gasteiger partial charge is 0.167 e. The summed E-state index contributed by atoms with van der Waals surface area (Å²) >= 11 is 13.6. The molecule has 6 aromatic rings. The molecule has 2 aromatic heterocycles. The third-order valence-corrected chi connectivity index (χ3v) is 7.12. The maximum atomic E-state index is 13.0. The first kappa shape index (κ1) is 24.4. The second kappa shape index (κ2) is 10.4. The Hall–Kier alpha value is -2.98. The van der Waals surface area contributed by atoms with Gasteiger partial charge >= 0.3 is 0 Å². The van der Waals surface area contributed by atoms with E-state index in [-0.39, 0.29) is 5.82 Å². The number of hydrogen-bond donors (Lipinski definition) is 3. The van der Waals surface area contributed by atoms with Gasteiger partial charge in [0, 0.05) is 54.1 Å². The number of aromatic amines is 2. The van der Waals surface area contributed by atoms with Gasteiger partial charge in [-0.05, 0) is 73.2 Å². The molecule has 10 heteroatoms. The van der Waals surface area contributed by atoms with Crippen molar-refractivity contribution >= 4 is 78.9 Å². The fraction of sp³-hybridized carbons (Fsp3) is 0.111. The molecule has 0 amide bonds. The lowest BCUT2D eigenvalue weighted by Crippen LogP contribution is -2.17. The monoisotopic (exact) mass is 555 g/mol. The van der Waals surface area contributed by atoms with Crippen molar-refractivity contribution in [3.8, 4) is 5.75 Å². The van der Waals surface area contributed by atoms with Gasteiger partial charge < -0.3 is 14.7 Å². The fourth-order valence-electron chi connectivity index (χ4n) is 4.37. The molecule has 0 spiro atoms. The van der Waals surface area contributed by atoms with Gasteiger partial charge in [-0.25, -0.2) is 4.39 Å². The van der Waals surface area contributed by atoms with Crippen LogP contribution in [0.2, 0.25) is 10.0 Å². The Kier molecular flexibility index (Phi) is 6.86. The highest BCUT2D eigenvalue weighted by atomic mass is 35.5. The number of fused-ring (bicyclic) bond motifs is 6. The molecule has 188 valence electrons. The van der Waals surface area contributed by atoms with Gasteiger partial charge in [-0.1, -0.05) is 23.2 Å². The Bertz CT molecular complexity index is 1640. The molecule has 0 saturated heterocycles. The molecular formula is C27H20Cl2FN3O3S. The Morgan fingerprint density at radius 2 is 1.41 bits per heavy atom. The predicted octanol–water partition coefficient (Wildman–Crippen LogP) is 8.33. The van der Waals surface area contributed by atoms with E-state index >= 15 is 0 Å². The van der Waals surface area contributed by atoms with Crippen molar-refractivity contribution in [2.75, 3.05) is 13.2 Å². The normalized spacial score (nSPS) is 11.9. The summed E-state index contributed by atoms with van der Waals surface area (Å²) in [6, 6.07) is 19.7. The number of hydrogen-bond acceptors (Lipinski definition) is 5. The molecule has 0 atom stereocenters. The Morgan fingerprint density at radius 1 is 0.784 bits per heavy atom. The van der Waals surface area contributed by atoms with Crippen LogP contribution in [0.1, 0.15) is 6.42 Å². The van der Waals surface area contributed by atoms with Gasteiger partial charge in [0.25, 0.3) is 0 Å². The molecule has 0 fully saturated rings. The van der Waals surface area contributed by atoms with Crippen LogP contribution in [-0.4, -0.2) is 23.1 Å². The van der Waals surface area contributed by atoms with E-state index in [2.05, 4.69) is 21.5 Å². The molecule has 4 aromatic carbocycles. The summed E-state index contributed by atoms with van der Waals surface area (Å²) in [7, 11) is 0. The van der Waals surface area contributed by atoms with E-state index in [1.165, 1.54) is 12.1 Å². The van der Waals surface area contributed by atoms with Crippen LogP contribution in [0.5, 0.6) is 5.75 Å². The molecule has 6 rings (SSSR count). The first-order valence-corrected chi connectivity index (χ1v) is 13.0. The van der Waals surface area contributed by atoms with E-state index in [9.17, 15) is 4.39 Å². The highest BCUT2D eigenvalue weighted by Crippen LogP contribution is 2.41. The van der Waals surface area contributed by atoms with Gasteiger partial charge in [0.05, 0.1) is 29.7 Å².